The molecular weight excluding hydrogens is 328 g/mol. The lowest BCUT2D eigenvalue weighted by atomic mass is 10.2. The van der Waals surface area contributed by atoms with Crippen molar-refractivity contribution in [1.82, 2.24) is 10.9 Å². The first-order chi connectivity index (χ1) is 11.6. The number of hydrogen-bond donors (Lipinski definition) is 2. The number of hydrogen-bond acceptors (Lipinski definition) is 5. The molecule has 2 aromatic rings. The fourth-order valence-electron chi connectivity index (χ4n) is 2.08. The van der Waals surface area contributed by atoms with Crippen molar-refractivity contribution in [1.29, 1.82) is 0 Å². The Bertz CT molecular complexity index is 664. The van der Waals surface area contributed by atoms with Gasteiger partial charge in [0.2, 0.25) is 5.91 Å². The minimum Gasteiger partial charge on any atom is -0.497 e. The second-order valence-electron chi connectivity index (χ2n) is 5.04. The van der Waals surface area contributed by atoms with E-state index < -0.39 is 5.91 Å². The van der Waals surface area contributed by atoms with Crippen molar-refractivity contribution in [3.05, 3.63) is 46.2 Å². The number of methoxy groups -OCH3 is 2. The van der Waals surface area contributed by atoms with E-state index in [1.807, 2.05) is 17.5 Å². The smallest absolute Gasteiger partial charge is 0.269 e. The van der Waals surface area contributed by atoms with Crippen LogP contribution >= 0.6 is 11.3 Å². The van der Waals surface area contributed by atoms with E-state index in [2.05, 4.69) is 10.9 Å². The minimum atomic E-state index is -0.432. The van der Waals surface area contributed by atoms with Crippen LogP contribution < -0.4 is 20.3 Å². The fourth-order valence-corrected chi connectivity index (χ4v) is 2.83. The molecule has 24 heavy (non-hydrogen) atoms. The SMILES string of the molecule is COc1cc(OC)cc(C(=O)NNC(=O)CCCc2cccs2)c1. The van der Waals surface area contributed by atoms with Gasteiger partial charge in [-0.2, -0.15) is 0 Å². The molecular formula is C17H20N2O4S. The number of nitrogens with one attached hydrogen (secondary N) is 2. The first-order valence-electron chi connectivity index (χ1n) is 7.47. The Morgan fingerprint density at radius 2 is 1.79 bits per heavy atom. The average Bonchev–Trinajstić information content (AvgIpc) is 3.12. The Balaban J connectivity index is 1.80. The van der Waals surface area contributed by atoms with Crippen LogP contribution in [0.5, 0.6) is 11.5 Å². The van der Waals surface area contributed by atoms with Crippen molar-refractivity contribution < 1.29 is 19.1 Å². The Kier molecular flexibility index (Phi) is 6.62. The number of ether oxygens (including phenoxy) is 2. The van der Waals surface area contributed by atoms with Gasteiger partial charge in [-0.25, -0.2) is 0 Å². The molecule has 1 aromatic carbocycles. The molecule has 0 aliphatic heterocycles. The number of rotatable bonds is 7. The van der Waals surface area contributed by atoms with Crippen molar-refractivity contribution >= 4 is 23.2 Å². The van der Waals surface area contributed by atoms with Crippen LogP contribution in [0.4, 0.5) is 0 Å². The van der Waals surface area contributed by atoms with Crippen LogP contribution in [0, 0.1) is 0 Å². The minimum absolute atomic E-state index is 0.227. The summed E-state index contributed by atoms with van der Waals surface area (Å²) in [5.74, 6) is 0.345. The Hall–Kier alpha value is -2.54. The lowest BCUT2D eigenvalue weighted by Crippen LogP contribution is -2.41. The molecule has 1 aromatic heterocycles. The number of carbonyl (C=O) groups excluding carboxylic acids is 2. The van der Waals surface area contributed by atoms with E-state index in [4.69, 9.17) is 9.47 Å². The summed E-state index contributed by atoms with van der Waals surface area (Å²) in [5, 5.41) is 2.01. The normalized spacial score (nSPS) is 10.1. The topological polar surface area (TPSA) is 76.7 Å². The second kappa shape index (κ2) is 8.93. The van der Waals surface area contributed by atoms with Gasteiger partial charge in [-0.15, -0.1) is 11.3 Å². The predicted molar refractivity (Wildman–Crippen MR) is 92.4 cm³/mol. The van der Waals surface area contributed by atoms with Crippen LogP contribution in [-0.2, 0) is 11.2 Å². The third kappa shape index (κ3) is 5.27. The van der Waals surface area contributed by atoms with E-state index in [1.54, 1.807) is 29.5 Å². The zero-order valence-electron chi connectivity index (χ0n) is 13.6. The van der Waals surface area contributed by atoms with Gasteiger partial charge in [0.25, 0.3) is 5.91 Å². The molecule has 2 amide bonds. The van der Waals surface area contributed by atoms with Crippen LogP contribution in [-0.4, -0.2) is 26.0 Å². The van der Waals surface area contributed by atoms with Gasteiger partial charge in [0, 0.05) is 22.9 Å². The lowest BCUT2D eigenvalue weighted by Gasteiger charge is -2.10. The summed E-state index contributed by atoms with van der Waals surface area (Å²) in [4.78, 5) is 25.1. The predicted octanol–water partition coefficient (Wildman–Crippen LogP) is 2.55. The molecule has 0 saturated carbocycles. The van der Waals surface area contributed by atoms with E-state index in [-0.39, 0.29) is 5.91 Å². The molecule has 6 nitrogen and oxygen atoms in total. The van der Waals surface area contributed by atoms with Gasteiger partial charge in [0.1, 0.15) is 11.5 Å². The quantitative estimate of drug-likeness (QED) is 0.754. The van der Waals surface area contributed by atoms with Gasteiger partial charge in [-0.05, 0) is 36.4 Å². The molecule has 128 valence electrons. The Labute approximate surface area is 144 Å². The van der Waals surface area contributed by atoms with Crippen LogP contribution in [0.3, 0.4) is 0 Å². The first kappa shape index (κ1) is 17.8. The summed E-state index contributed by atoms with van der Waals surface area (Å²) in [6.07, 6.45) is 1.93. The molecule has 0 unspecified atom stereocenters. The van der Waals surface area contributed by atoms with Crippen molar-refractivity contribution in [3.8, 4) is 11.5 Å². The third-order valence-electron chi connectivity index (χ3n) is 3.34. The molecule has 0 atom stereocenters. The standard InChI is InChI=1S/C17H20N2O4S/c1-22-13-9-12(10-14(11-13)23-2)17(21)19-18-16(20)7-3-5-15-6-4-8-24-15/h4,6,8-11H,3,5,7H2,1-2H3,(H,18,20)(H,19,21). The summed E-state index contributed by atoms with van der Waals surface area (Å²) < 4.78 is 10.2. The van der Waals surface area contributed by atoms with E-state index in [1.165, 1.54) is 19.1 Å². The Morgan fingerprint density at radius 3 is 2.38 bits per heavy atom. The molecule has 0 aliphatic carbocycles. The molecule has 7 heteroatoms. The Morgan fingerprint density at radius 1 is 1.08 bits per heavy atom. The number of carbonyl (C=O) groups is 2. The lowest BCUT2D eigenvalue weighted by molar-refractivity contribution is -0.121. The van der Waals surface area contributed by atoms with Crippen LogP contribution in [0.2, 0.25) is 0 Å². The maximum Gasteiger partial charge on any atom is 0.269 e. The highest BCUT2D eigenvalue weighted by atomic mass is 32.1. The van der Waals surface area contributed by atoms with E-state index in [0.29, 0.717) is 23.5 Å². The van der Waals surface area contributed by atoms with Crippen molar-refractivity contribution in [2.45, 2.75) is 19.3 Å². The van der Waals surface area contributed by atoms with E-state index >= 15 is 0 Å². The van der Waals surface area contributed by atoms with Crippen LogP contribution in [0.1, 0.15) is 28.1 Å². The maximum atomic E-state index is 12.1. The summed E-state index contributed by atoms with van der Waals surface area (Å²) >= 11 is 1.67. The van der Waals surface area contributed by atoms with Crippen molar-refractivity contribution in [2.24, 2.45) is 0 Å². The van der Waals surface area contributed by atoms with E-state index in [0.717, 1.165) is 12.8 Å². The monoisotopic (exact) mass is 348 g/mol. The number of thiophene rings is 1. The molecule has 2 N–H and O–H groups in total. The number of amides is 2. The molecule has 1 heterocycles. The van der Waals surface area contributed by atoms with Gasteiger partial charge in [0.05, 0.1) is 14.2 Å². The zero-order chi connectivity index (χ0) is 17.4. The maximum absolute atomic E-state index is 12.1. The number of hydrazine groups is 1. The van der Waals surface area contributed by atoms with Gasteiger partial charge in [0.15, 0.2) is 0 Å². The summed E-state index contributed by atoms with van der Waals surface area (Å²) in [5.41, 5.74) is 5.16. The highest BCUT2D eigenvalue weighted by molar-refractivity contribution is 7.09. The fraction of sp³-hybridized carbons (Fsp3) is 0.294. The van der Waals surface area contributed by atoms with Crippen LogP contribution in [0.15, 0.2) is 35.7 Å². The second-order valence-corrected chi connectivity index (χ2v) is 6.07. The van der Waals surface area contributed by atoms with Gasteiger partial charge < -0.3 is 9.47 Å². The first-order valence-corrected chi connectivity index (χ1v) is 8.35. The zero-order valence-corrected chi connectivity index (χ0v) is 14.4. The molecule has 0 saturated heterocycles. The molecule has 0 fully saturated rings. The highest BCUT2D eigenvalue weighted by Crippen LogP contribution is 2.22. The largest absolute Gasteiger partial charge is 0.497 e. The highest BCUT2D eigenvalue weighted by Gasteiger charge is 2.11. The van der Waals surface area contributed by atoms with Crippen molar-refractivity contribution in [2.75, 3.05) is 14.2 Å². The molecule has 0 spiro atoms. The molecule has 0 bridgehead atoms. The van der Waals surface area contributed by atoms with Gasteiger partial charge in [-0.3, -0.25) is 20.4 Å². The molecule has 0 aliphatic rings. The number of benzene rings is 1. The van der Waals surface area contributed by atoms with Gasteiger partial charge >= 0.3 is 0 Å². The summed E-state index contributed by atoms with van der Waals surface area (Å²) in [7, 11) is 3.01. The molecule has 0 radical (unpaired) electrons. The number of aryl methyl sites for hydroxylation is 1. The summed E-state index contributed by atoms with van der Waals surface area (Å²) in [6, 6.07) is 8.84. The van der Waals surface area contributed by atoms with Crippen molar-refractivity contribution in [3.63, 3.8) is 0 Å². The van der Waals surface area contributed by atoms with E-state index in [9.17, 15) is 9.59 Å². The van der Waals surface area contributed by atoms with Crippen LogP contribution in [0.25, 0.3) is 0 Å². The molecule has 2 rings (SSSR count). The van der Waals surface area contributed by atoms with Gasteiger partial charge in [-0.1, -0.05) is 6.07 Å². The third-order valence-corrected chi connectivity index (χ3v) is 4.27. The summed E-state index contributed by atoms with van der Waals surface area (Å²) in [6.45, 7) is 0. The average molecular weight is 348 g/mol.